The Balaban J connectivity index is 2.06. The summed E-state index contributed by atoms with van der Waals surface area (Å²) < 4.78 is 2.05. The van der Waals surface area contributed by atoms with Gasteiger partial charge in [-0.1, -0.05) is 58.2 Å². The Morgan fingerprint density at radius 1 is 0.840 bits per heavy atom. The van der Waals surface area contributed by atoms with E-state index < -0.39 is 0 Å². The van der Waals surface area contributed by atoms with Gasteiger partial charge in [0.15, 0.2) is 6.54 Å². The normalized spacial score (nSPS) is 11.4. The monoisotopic (exact) mass is 367 g/mol. The number of rotatable bonds is 2. The molecule has 0 unspecified atom stereocenters. The largest absolute Gasteiger partial charge is 0.240 e. The fourth-order valence-corrected chi connectivity index (χ4v) is 3.45. The summed E-state index contributed by atoms with van der Waals surface area (Å²) in [7, 11) is 0. The third kappa shape index (κ3) is 2.97. The summed E-state index contributed by atoms with van der Waals surface area (Å²) in [4.78, 5) is 0. The van der Waals surface area contributed by atoms with Crippen LogP contribution in [-0.4, -0.2) is 5.10 Å². The first kappa shape index (κ1) is 16.3. The van der Waals surface area contributed by atoms with Crippen molar-refractivity contribution in [2.45, 2.75) is 20.4 Å². The van der Waals surface area contributed by atoms with Crippen molar-refractivity contribution in [2.75, 3.05) is 0 Å². The molecule has 0 aliphatic heterocycles. The molecule has 0 aliphatic rings. The lowest BCUT2D eigenvalue weighted by molar-refractivity contribution is -0.719. The molecule has 4 heteroatoms. The van der Waals surface area contributed by atoms with Crippen molar-refractivity contribution in [3.05, 3.63) is 81.3 Å². The second kappa shape index (κ2) is 6.29. The molecule has 0 bridgehead atoms. The maximum absolute atomic E-state index is 6.41. The Morgan fingerprint density at radius 3 is 2.20 bits per heavy atom. The highest BCUT2D eigenvalue weighted by atomic mass is 35.5. The summed E-state index contributed by atoms with van der Waals surface area (Å²) >= 11 is 12.8. The minimum absolute atomic E-state index is 0.704. The van der Waals surface area contributed by atoms with Gasteiger partial charge in [0.1, 0.15) is 5.52 Å². The minimum Gasteiger partial charge on any atom is -0.0840 e. The quantitative estimate of drug-likeness (QED) is 0.330. The molecule has 0 fully saturated rings. The first-order valence-electron chi connectivity index (χ1n) is 8.17. The minimum atomic E-state index is 0.704. The fraction of sp³-hybridized carbons (Fsp3) is 0.143. The van der Waals surface area contributed by atoms with Crippen molar-refractivity contribution in [3.8, 4) is 0 Å². The van der Waals surface area contributed by atoms with Gasteiger partial charge in [-0.05, 0) is 43.2 Å². The predicted octanol–water partition coefficient (Wildman–Crippen LogP) is 5.65. The fourth-order valence-electron chi connectivity index (χ4n) is 3.12. The maximum Gasteiger partial charge on any atom is 0.240 e. The molecular weight excluding hydrogens is 351 g/mol. The van der Waals surface area contributed by atoms with Crippen LogP contribution >= 0.6 is 23.2 Å². The van der Waals surface area contributed by atoms with Crippen LogP contribution in [0.3, 0.4) is 0 Å². The molecule has 0 atom stereocenters. The van der Waals surface area contributed by atoms with Crippen molar-refractivity contribution in [2.24, 2.45) is 0 Å². The molecule has 0 radical (unpaired) electrons. The average Bonchev–Trinajstić information content (AvgIpc) is 2.59. The highest BCUT2D eigenvalue weighted by molar-refractivity contribution is 6.33. The first-order chi connectivity index (χ1) is 12.0. The molecule has 3 aromatic carbocycles. The Morgan fingerprint density at radius 2 is 1.48 bits per heavy atom. The van der Waals surface area contributed by atoms with E-state index in [0.717, 1.165) is 43.0 Å². The third-order valence-electron chi connectivity index (χ3n) is 4.53. The summed E-state index contributed by atoms with van der Waals surface area (Å²) in [5.74, 6) is 0. The van der Waals surface area contributed by atoms with Gasteiger partial charge in [0.25, 0.3) is 0 Å². The lowest BCUT2D eigenvalue weighted by atomic mass is 10.1. The maximum atomic E-state index is 6.41. The molecule has 0 aliphatic carbocycles. The topological polar surface area (TPSA) is 16.8 Å². The van der Waals surface area contributed by atoms with Crippen LogP contribution in [0.4, 0.5) is 0 Å². The molecular formula is C21H17Cl2N2+. The highest BCUT2D eigenvalue weighted by Gasteiger charge is 2.18. The van der Waals surface area contributed by atoms with Crippen LogP contribution in [0.1, 0.15) is 16.7 Å². The van der Waals surface area contributed by atoms with E-state index in [1.165, 1.54) is 5.56 Å². The molecule has 0 N–H and O–H groups in total. The van der Waals surface area contributed by atoms with Gasteiger partial charge in [0.2, 0.25) is 5.52 Å². The first-order valence-corrected chi connectivity index (χ1v) is 8.92. The predicted molar refractivity (Wildman–Crippen MR) is 104 cm³/mol. The molecule has 0 saturated carbocycles. The number of benzene rings is 3. The van der Waals surface area contributed by atoms with Gasteiger partial charge in [-0.15, -0.1) is 0 Å². The summed E-state index contributed by atoms with van der Waals surface area (Å²) in [6.45, 7) is 4.72. The van der Waals surface area contributed by atoms with E-state index in [4.69, 9.17) is 28.3 Å². The zero-order valence-corrected chi connectivity index (χ0v) is 15.6. The zero-order valence-electron chi connectivity index (χ0n) is 14.1. The van der Waals surface area contributed by atoms with E-state index in [2.05, 4.69) is 18.2 Å². The highest BCUT2D eigenvalue weighted by Crippen LogP contribution is 2.30. The van der Waals surface area contributed by atoms with Gasteiger partial charge in [-0.2, -0.15) is 0 Å². The summed E-state index contributed by atoms with van der Waals surface area (Å²) in [6.07, 6.45) is 0. The van der Waals surface area contributed by atoms with Gasteiger partial charge in [0, 0.05) is 32.2 Å². The average molecular weight is 368 g/mol. The smallest absolute Gasteiger partial charge is 0.0840 e. The molecule has 2 nitrogen and oxygen atoms in total. The number of fused-ring (bicyclic) bond motifs is 3. The van der Waals surface area contributed by atoms with E-state index in [1.54, 1.807) is 0 Å². The van der Waals surface area contributed by atoms with Crippen LogP contribution in [-0.2, 0) is 6.54 Å². The molecule has 0 spiro atoms. The second-order valence-corrected chi connectivity index (χ2v) is 7.19. The molecule has 25 heavy (non-hydrogen) atoms. The van der Waals surface area contributed by atoms with Crippen LogP contribution in [0.5, 0.6) is 0 Å². The molecule has 124 valence electrons. The van der Waals surface area contributed by atoms with E-state index in [-0.39, 0.29) is 0 Å². The molecule has 1 heterocycles. The zero-order chi connectivity index (χ0) is 17.6. The summed E-state index contributed by atoms with van der Waals surface area (Å²) in [5.41, 5.74) is 5.24. The van der Waals surface area contributed by atoms with Crippen molar-refractivity contribution in [3.63, 3.8) is 0 Å². The van der Waals surface area contributed by atoms with Crippen LogP contribution < -0.4 is 4.68 Å². The SMILES string of the molecule is Cc1cc2n[n+](Cc3ccccc3)c3cc(C)c(Cl)cc3c2cc1Cl. The number of hydrogen-bond donors (Lipinski definition) is 0. The van der Waals surface area contributed by atoms with E-state index in [9.17, 15) is 0 Å². The second-order valence-electron chi connectivity index (χ2n) is 6.38. The molecule has 4 rings (SSSR count). The Labute approximate surface area is 156 Å². The van der Waals surface area contributed by atoms with Crippen LogP contribution in [0.15, 0.2) is 54.6 Å². The van der Waals surface area contributed by atoms with E-state index in [0.29, 0.717) is 6.54 Å². The Kier molecular flexibility index (Phi) is 4.10. The van der Waals surface area contributed by atoms with Crippen LogP contribution in [0.25, 0.3) is 21.8 Å². The lowest BCUT2D eigenvalue weighted by Gasteiger charge is -2.08. The molecule has 0 amide bonds. The molecule has 0 saturated heterocycles. The molecule has 4 aromatic rings. The van der Waals surface area contributed by atoms with Crippen molar-refractivity contribution in [1.82, 2.24) is 5.10 Å². The van der Waals surface area contributed by atoms with Crippen molar-refractivity contribution in [1.29, 1.82) is 0 Å². The third-order valence-corrected chi connectivity index (χ3v) is 5.34. The van der Waals surface area contributed by atoms with E-state index >= 15 is 0 Å². The lowest BCUT2D eigenvalue weighted by Crippen LogP contribution is -2.39. The van der Waals surface area contributed by atoms with E-state index in [1.807, 2.05) is 54.9 Å². The van der Waals surface area contributed by atoms with Gasteiger partial charge in [-0.3, -0.25) is 0 Å². The number of aryl methyl sites for hydroxylation is 2. The van der Waals surface area contributed by atoms with Gasteiger partial charge in [-0.25, -0.2) is 0 Å². The van der Waals surface area contributed by atoms with Gasteiger partial charge in [0.05, 0.1) is 5.39 Å². The Bertz CT molecular complexity index is 1110. The van der Waals surface area contributed by atoms with Gasteiger partial charge >= 0.3 is 0 Å². The summed E-state index contributed by atoms with van der Waals surface area (Å²) in [5, 5.41) is 8.48. The number of hydrogen-bond acceptors (Lipinski definition) is 1. The van der Waals surface area contributed by atoms with Crippen molar-refractivity contribution >= 4 is 45.0 Å². The number of aromatic nitrogens is 2. The van der Waals surface area contributed by atoms with Gasteiger partial charge < -0.3 is 0 Å². The molecule has 1 aromatic heterocycles. The summed E-state index contributed by atoms with van der Waals surface area (Å²) in [6, 6.07) is 18.5. The standard InChI is InChI=1S/C21H17Cl2N2/c1-13-8-20-16(10-18(13)22)17-11-19(23)14(2)9-21(17)25(24-20)12-15-6-4-3-5-7-15/h3-11H,12H2,1-2H3/q+1. The number of halogens is 2. The Hall–Kier alpha value is -2.16. The van der Waals surface area contributed by atoms with Crippen LogP contribution in [0.2, 0.25) is 10.0 Å². The number of nitrogens with zero attached hydrogens (tertiary/aromatic N) is 2. The van der Waals surface area contributed by atoms with Crippen LogP contribution in [0, 0.1) is 13.8 Å². The van der Waals surface area contributed by atoms with Crippen molar-refractivity contribution < 1.29 is 4.68 Å².